The Morgan fingerprint density at radius 3 is 2.65 bits per heavy atom. The van der Waals surface area contributed by atoms with Gasteiger partial charge in [0.25, 0.3) is 5.91 Å². The predicted molar refractivity (Wildman–Crippen MR) is 88.3 cm³/mol. The number of rotatable bonds is 4. The molecular weight excluding hydrogens is 347 g/mol. The van der Waals surface area contributed by atoms with Crippen molar-refractivity contribution >= 4 is 11.6 Å². The van der Waals surface area contributed by atoms with E-state index in [0.717, 1.165) is 6.07 Å². The molecule has 0 unspecified atom stereocenters. The molecule has 0 aliphatic carbocycles. The lowest BCUT2D eigenvalue weighted by atomic mass is 10.1. The smallest absolute Gasteiger partial charge is 0.321 e. The molecule has 3 rings (SSSR count). The zero-order valence-electron chi connectivity index (χ0n) is 13.7. The number of nitrogens with zero attached hydrogens (tertiary/aromatic N) is 4. The summed E-state index contributed by atoms with van der Waals surface area (Å²) in [7, 11) is 0. The molecule has 6 nitrogen and oxygen atoms in total. The summed E-state index contributed by atoms with van der Waals surface area (Å²) in [6.45, 7) is 2.40. The van der Waals surface area contributed by atoms with Gasteiger partial charge >= 0.3 is 6.18 Å². The second-order valence-electron chi connectivity index (χ2n) is 5.40. The van der Waals surface area contributed by atoms with Crippen LogP contribution in [-0.4, -0.2) is 26.1 Å². The van der Waals surface area contributed by atoms with Crippen molar-refractivity contribution in [3.63, 3.8) is 0 Å². The van der Waals surface area contributed by atoms with E-state index in [1.807, 2.05) is 6.92 Å². The standard InChI is InChI=1S/C17H14F3N5O/c1-2-25-15(22-23-24-25)11-6-5-7-12(10-11)16(26)21-14-9-4-3-8-13(14)17(18,19)20/h3-10H,2H2,1H3,(H,21,26). The molecular formula is C17H14F3N5O. The first kappa shape index (κ1) is 17.6. The molecule has 0 spiro atoms. The van der Waals surface area contributed by atoms with Gasteiger partial charge in [0, 0.05) is 17.7 Å². The minimum atomic E-state index is -4.56. The minimum Gasteiger partial charge on any atom is -0.321 e. The number of nitrogens with one attached hydrogen (secondary N) is 1. The van der Waals surface area contributed by atoms with Crippen LogP contribution in [0.2, 0.25) is 0 Å². The van der Waals surface area contributed by atoms with Gasteiger partial charge in [-0.2, -0.15) is 13.2 Å². The second-order valence-corrected chi connectivity index (χ2v) is 5.40. The third kappa shape index (κ3) is 3.56. The zero-order valence-corrected chi connectivity index (χ0v) is 13.7. The number of carbonyl (C=O) groups is 1. The number of aryl methyl sites for hydroxylation is 1. The first-order valence-electron chi connectivity index (χ1n) is 7.74. The summed E-state index contributed by atoms with van der Waals surface area (Å²) < 4.78 is 40.7. The molecule has 1 amide bonds. The number of hydrogen-bond acceptors (Lipinski definition) is 4. The summed E-state index contributed by atoms with van der Waals surface area (Å²) in [5, 5.41) is 13.6. The molecule has 134 valence electrons. The van der Waals surface area contributed by atoms with Crippen LogP contribution in [0.4, 0.5) is 18.9 Å². The van der Waals surface area contributed by atoms with Gasteiger partial charge in [-0.05, 0) is 41.6 Å². The Hall–Kier alpha value is -3.23. The number of alkyl halides is 3. The Balaban J connectivity index is 1.90. The molecule has 1 aromatic heterocycles. The SMILES string of the molecule is CCn1nnnc1-c1cccc(C(=O)Nc2ccccc2C(F)(F)F)c1. The average Bonchev–Trinajstić information content (AvgIpc) is 3.10. The number of halogens is 3. The molecule has 0 bridgehead atoms. The molecule has 0 atom stereocenters. The van der Waals surface area contributed by atoms with E-state index < -0.39 is 17.6 Å². The summed E-state index contributed by atoms with van der Waals surface area (Å²) in [6, 6.07) is 11.2. The van der Waals surface area contributed by atoms with E-state index in [-0.39, 0.29) is 11.3 Å². The quantitative estimate of drug-likeness (QED) is 0.770. The molecule has 1 N–H and O–H groups in total. The number of para-hydroxylation sites is 1. The molecule has 0 aliphatic heterocycles. The van der Waals surface area contributed by atoms with Crippen LogP contribution in [0.3, 0.4) is 0 Å². The number of benzene rings is 2. The summed E-state index contributed by atoms with van der Waals surface area (Å²) in [4.78, 5) is 12.4. The number of amides is 1. The third-order valence-electron chi connectivity index (χ3n) is 3.70. The van der Waals surface area contributed by atoms with Crippen molar-refractivity contribution in [3.05, 3.63) is 59.7 Å². The molecule has 0 saturated heterocycles. The van der Waals surface area contributed by atoms with Crippen LogP contribution in [0.1, 0.15) is 22.8 Å². The van der Waals surface area contributed by atoms with Gasteiger partial charge in [0.05, 0.1) is 11.3 Å². The van der Waals surface area contributed by atoms with E-state index >= 15 is 0 Å². The zero-order chi connectivity index (χ0) is 18.7. The van der Waals surface area contributed by atoms with Crippen LogP contribution in [0, 0.1) is 0 Å². The van der Waals surface area contributed by atoms with Crippen molar-refractivity contribution in [1.29, 1.82) is 0 Å². The first-order chi connectivity index (χ1) is 12.4. The van der Waals surface area contributed by atoms with Crippen LogP contribution in [0.15, 0.2) is 48.5 Å². The van der Waals surface area contributed by atoms with E-state index in [0.29, 0.717) is 17.9 Å². The molecule has 9 heteroatoms. The molecule has 0 aliphatic rings. The summed E-state index contributed by atoms with van der Waals surface area (Å²) in [6.07, 6.45) is -4.56. The van der Waals surface area contributed by atoms with E-state index in [1.54, 1.807) is 16.8 Å². The largest absolute Gasteiger partial charge is 0.418 e. The molecule has 0 fully saturated rings. The fourth-order valence-electron chi connectivity index (χ4n) is 2.46. The Labute approximate surface area is 146 Å². The molecule has 26 heavy (non-hydrogen) atoms. The molecule has 0 saturated carbocycles. The fraction of sp³-hybridized carbons (Fsp3) is 0.176. The van der Waals surface area contributed by atoms with Gasteiger partial charge in [-0.3, -0.25) is 4.79 Å². The number of aromatic nitrogens is 4. The number of hydrogen-bond donors (Lipinski definition) is 1. The van der Waals surface area contributed by atoms with Crippen molar-refractivity contribution < 1.29 is 18.0 Å². The van der Waals surface area contributed by atoms with E-state index in [9.17, 15) is 18.0 Å². The highest BCUT2D eigenvalue weighted by Crippen LogP contribution is 2.34. The van der Waals surface area contributed by atoms with Crippen LogP contribution in [-0.2, 0) is 12.7 Å². The maximum absolute atomic E-state index is 13.1. The fourth-order valence-corrected chi connectivity index (χ4v) is 2.46. The maximum atomic E-state index is 13.1. The highest BCUT2D eigenvalue weighted by Gasteiger charge is 2.33. The van der Waals surface area contributed by atoms with Crippen LogP contribution >= 0.6 is 0 Å². The minimum absolute atomic E-state index is 0.199. The van der Waals surface area contributed by atoms with Gasteiger partial charge < -0.3 is 5.32 Å². The van der Waals surface area contributed by atoms with Crippen molar-refractivity contribution in [2.24, 2.45) is 0 Å². The van der Waals surface area contributed by atoms with Crippen LogP contribution in [0.5, 0.6) is 0 Å². The van der Waals surface area contributed by atoms with Crippen molar-refractivity contribution in [2.45, 2.75) is 19.6 Å². The van der Waals surface area contributed by atoms with E-state index in [2.05, 4.69) is 20.8 Å². The monoisotopic (exact) mass is 361 g/mol. The Kier molecular flexibility index (Phi) is 4.70. The third-order valence-corrected chi connectivity index (χ3v) is 3.70. The molecule has 1 heterocycles. The first-order valence-corrected chi connectivity index (χ1v) is 7.74. The Morgan fingerprint density at radius 2 is 1.92 bits per heavy atom. The topological polar surface area (TPSA) is 72.7 Å². The summed E-state index contributed by atoms with van der Waals surface area (Å²) in [5.41, 5.74) is -0.410. The lowest BCUT2D eigenvalue weighted by Gasteiger charge is -2.13. The maximum Gasteiger partial charge on any atom is 0.418 e. The average molecular weight is 361 g/mol. The predicted octanol–water partition coefficient (Wildman–Crippen LogP) is 3.63. The van der Waals surface area contributed by atoms with Gasteiger partial charge in [0.1, 0.15) is 0 Å². The molecule has 0 radical (unpaired) electrons. The van der Waals surface area contributed by atoms with Gasteiger partial charge in [-0.25, -0.2) is 4.68 Å². The highest BCUT2D eigenvalue weighted by molar-refractivity contribution is 6.05. The number of carbonyl (C=O) groups excluding carboxylic acids is 1. The van der Waals surface area contributed by atoms with Gasteiger partial charge in [-0.1, -0.05) is 24.3 Å². The Bertz CT molecular complexity index is 936. The molecule has 2 aromatic carbocycles. The van der Waals surface area contributed by atoms with Crippen molar-refractivity contribution in [2.75, 3.05) is 5.32 Å². The summed E-state index contributed by atoms with van der Waals surface area (Å²) in [5.74, 6) is -0.183. The molecule has 3 aromatic rings. The normalized spacial score (nSPS) is 11.4. The Morgan fingerprint density at radius 1 is 1.15 bits per heavy atom. The number of anilines is 1. The van der Waals surface area contributed by atoms with Crippen molar-refractivity contribution in [3.8, 4) is 11.4 Å². The lowest BCUT2D eigenvalue weighted by Crippen LogP contribution is -2.16. The number of tetrazole rings is 1. The van der Waals surface area contributed by atoms with Crippen LogP contribution < -0.4 is 5.32 Å². The highest BCUT2D eigenvalue weighted by atomic mass is 19.4. The van der Waals surface area contributed by atoms with E-state index in [4.69, 9.17) is 0 Å². The van der Waals surface area contributed by atoms with Gasteiger partial charge in [0.15, 0.2) is 5.82 Å². The van der Waals surface area contributed by atoms with Crippen molar-refractivity contribution in [1.82, 2.24) is 20.2 Å². The van der Waals surface area contributed by atoms with Gasteiger partial charge in [0.2, 0.25) is 0 Å². The second kappa shape index (κ2) is 6.95. The summed E-state index contributed by atoms with van der Waals surface area (Å²) >= 11 is 0. The lowest BCUT2D eigenvalue weighted by molar-refractivity contribution is -0.136. The van der Waals surface area contributed by atoms with Gasteiger partial charge in [-0.15, -0.1) is 5.10 Å². The van der Waals surface area contributed by atoms with Crippen LogP contribution in [0.25, 0.3) is 11.4 Å². The van der Waals surface area contributed by atoms with E-state index in [1.165, 1.54) is 30.3 Å².